The molecule has 94 valence electrons. The summed E-state index contributed by atoms with van der Waals surface area (Å²) in [7, 11) is 0. The van der Waals surface area contributed by atoms with Gasteiger partial charge in [-0.1, -0.05) is 39.8 Å². The monoisotopic (exact) mass is 224 g/mol. The summed E-state index contributed by atoms with van der Waals surface area (Å²) in [6.07, 6.45) is 3.91. The topological polar surface area (TPSA) is 15.3 Å². The molecule has 0 aromatic heterocycles. The molecule has 0 bridgehead atoms. The molecule has 0 atom stereocenters. The number of hydrogen-bond donors (Lipinski definition) is 1. The van der Waals surface area contributed by atoms with Crippen molar-refractivity contribution in [2.75, 3.05) is 26.2 Å². The first-order chi connectivity index (χ1) is 7.41. The lowest BCUT2D eigenvalue weighted by atomic mass is 9.92. The van der Waals surface area contributed by atoms with Crippen LogP contribution in [0, 0.1) is 5.41 Å². The minimum Gasteiger partial charge on any atom is -0.314 e. The van der Waals surface area contributed by atoms with Gasteiger partial charge in [-0.25, -0.2) is 0 Å². The van der Waals surface area contributed by atoms with E-state index in [-0.39, 0.29) is 5.41 Å². The Hall–Kier alpha value is -0.600. The highest BCUT2D eigenvalue weighted by molar-refractivity contribution is 4.84. The van der Waals surface area contributed by atoms with Crippen molar-refractivity contribution < 1.29 is 0 Å². The average Bonchev–Trinajstić information content (AvgIpc) is 2.15. The largest absolute Gasteiger partial charge is 0.314 e. The van der Waals surface area contributed by atoms with E-state index in [2.05, 4.69) is 51.1 Å². The molecule has 0 saturated heterocycles. The van der Waals surface area contributed by atoms with Gasteiger partial charge in [0, 0.05) is 32.2 Å². The third-order valence-electron chi connectivity index (χ3n) is 2.42. The van der Waals surface area contributed by atoms with E-state index in [1.807, 2.05) is 12.2 Å². The molecule has 0 aromatic rings. The average molecular weight is 224 g/mol. The van der Waals surface area contributed by atoms with Crippen LogP contribution in [0.4, 0.5) is 0 Å². The quantitative estimate of drug-likeness (QED) is 0.606. The van der Waals surface area contributed by atoms with Crippen LogP contribution in [0.5, 0.6) is 0 Å². The fourth-order valence-electron chi connectivity index (χ4n) is 1.71. The molecule has 0 aliphatic carbocycles. The molecular weight excluding hydrogens is 196 g/mol. The second kappa shape index (κ2) is 7.64. The van der Waals surface area contributed by atoms with Gasteiger partial charge in [-0.15, -0.1) is 13.2 Å². The molecule has 2 heteroatoms. The molecule has 0 aromatic carbocycles. The van der Waals surface area contributed by atoms with E-state index >= 15 is 0 Å². The molecule has 16 heavy (non-hydrogen) atoms. The Kier molecular flexibility index (Phi) is 7.35. The molecule has 1 N–H and O–H groups in total. The van der Waals surface area contributed by atoms with Crippen LogP contribution in [0.15, 0.2) is 25.3 Å². The molecule has 0 rings (SSSR count). The molecule has 0 aliphatic heterocycles. The van der Waals surface area contributed by atoms with Crippen molar-refractivity contribution in [3.63, 3.8) is 0 Å². The van der Waals surface area contributed by atoms with Crippen LogP contribution in [0.2, 0.25) is 0 Å². The van der Waals surface area contributed by atoms with Gasteiger partial charge in [0.2, 0.25) is 0 Å². The van der Waals surface area contributed by atoms with E-state index in [9.17, 15) is 0 Å². The summed E-state index contributed by atoms with van der Waals surface area (Å²) in [6.45, 7) is 20.5. The van der Waals surface area contributed by atoms with Gasteiger partial charge in [0.1, 0.15) is 0 Å². The van der Waals surface area contributed by atoms with E-state index in [0.717, 1.165) is 26.2 Å². The van der Waals surface area contributed by atoms with E-state index in [1.165, 1.54) is 0 Å². The van der Waals surface area contributed by atoms with Crippen LogP contribution in [-0.2, 0) is 0 Å². The van der Waals surface area contributed by atoms with Crippen molar-refractivity contribution in [2.45, 2.75) is 33.7 Å². The number of rotatable bonds is 9. The van der Waals surface area contributed by atoms with Gasteiger partial charge in [0.25, 0.3) is 0 Å². The number of nitrogens with one attached hydrogen (secondary N) is 1. The van der Waals surface area contributed by atoms with Crippen LogP contribution in [-0.4, -0.2) is 37.1 Å². The van der Waals surface area contributed by atoms with Gasteiger partial charge in [-0.2, -0.15) is 0 Å². The Bertz CT molecular complexity index is 197. The van der Waals surface area contributed by atoms with E-state index in [4.69, 9.17) is 0 Å². The van der Waals surface area contributed by atoms with Gasteiger partial charge in [0.05, 0.1) is 0 Å². The lowest BCUT2D eigenvalue weighted by Gasteiger charge is -2.32. The molecule has 0 radical (unpaired) electrons. The summed E-state index contributed by atoms with van der Waals surface area (Å²) in [5.41, 5.74) is 0.274. The smallest absolute Gasteiger partial charge is 0.0164 e. The maximum atomic E-state index is 3.80. The summed E-state index contributed by atoms with van der Waals surface area (Å²) in [6, 6.07) is 0.548. The van der Waals surface area contributed by atoms with Crippen molar-refractivity contribution in [3.05, 3.63) is 25.3 Å². The Morgan fingerprint density at radius 2 is 1.69 bits per heavy atom. The van der Waals surface area contributed by atoms with Gasteiger partial charge in [-0.3, -0.25) is 4.90 Å². The van der Waals surface area contributed by atoms with E-state index < -0.39 is 0 Å². The van der Waals surface area contributed by atoms with Gasteiger partial charge in [-0.05, 0) is 5.41 Å². The molecule has 0 unspecified atom stereocenters. The van der Waals surface area contributed by atoms with Crippen molar-refractivity contribution in [2.24, 2.45) is 5.41 Å². The Labute approximate surface area is 101 Å². The highest BCUT2D eigenvalue weighted by Crippen LogP contribution is 2.16. The highest BCUT2D eigenvalue weighted by Gasteiger charge is 2.20. The minimum absolute atomic E-state index is 0.274. The van der Waals surface area contributed by atoms with E-state index in [0.29, 0.717) is 6.04 Å². The van der Waals surface area contributed by atoms with Crippen LogP contribution >= 0.6 is 0 Å². The molecule has 0 saturated carbocycles. The molecule has 0 fully saturated rings. The highest BCUT2D eigenvalue weighted by atomic mass is 15.1. The summed E-state index contributed by atoms with van der Waals surface area (Å²) >= 11 is 0. The Balaban J connectivity index is 4.16. The first-order valence-electron chi connectivity index (χ1n) is 6.09. The normalized spacial score (nSPS) is 12.1. The molecule has 0 aliphatic rings. The summed E-state index contributed by atoms with van der Waals surface area (Å²) in [5, 5.41) is 3.50. The minimum atomic E-state index is 0.274. The molecule has 0 amide bonds. The Morgan fingerprint density at radius 3 is 2.06 bits per heavy atom. The number of nitrogens with zero attached hydrogens (tertiary/aromatic N) is 1. The van der Waals surface area contributed by atoms with Crippen LogP contribution < -0.4 is 5.32 Å². The van der Waals surface area contributed by atoms with Gasteiger partial charge >= 0.3 is 0 Å². The van der Waals surface area contributed by atoms with Crippen molar-refractivity contribution >= 4 is 0 Å². The predicted octanol–water partition coefficient (Wildman–Crippen LogP) is 2.68. The first-order valence-corrected chi connectivity index (χ1v) is 6.09. The second-order valence-corrected chi connectivity index (χ2v) is 5.47. The standard InChI is InChI=1S/C14H28N2/c1-7-9-16(10-8-2)12-14(5,6)11-15-13(3)4/h7-8,13,15H,1-2,9-12H2,3-6H3. The second-order valence-electron chi connectivity index (χ2n) is 5.47. The third kappa shape index (κ3) is 7.66. The fraction of sp³-hybridized carbons (Fsp3) is 0.714. The number of hydrogen-bond acceptors (Lipinski definition) is 2. The zero-order valence-electron chi connectivity index (χ0n) is 11.4. The summed E-state index contributed by atoms with van der Waals surface area (Å²) in [5.74, 6) is 0. The summed E-state index contributed by atoms with van der Waals surface area (Å²) < 4.78 is 0. The van der Waals surface area contributed by atoms with Crippen molar-refractivity contribution in [1.29, 1.82) is 0 Å². The zero-order valence-corrected chi connectivity index (χ0v) is 11.4. The lowest BCUT2D eigenvalue weighted by Crippen LogP contribution is -2.42. The maximum absolute atomic E-state index is 3.80. The van der Waals surface area contributed by atoms with Crippen molar-refractivity contribution in [3.8, 4) is 0 Å². The first kappa shape index (κ1) is 15.4. The molecule has 0 heterocycles. The zero-order chi connectivity index (χ0) is 12.6. The molecule has 2 nitrogen and oxygen atoms in total. The summed E-state index contributed by atoms with van der Waals surface area (Å²) in [4.78, 5) is 2.36. The molecule has 0 spiro atoms. The van der Waals surface area contributed by atoms with E-state index in [1.54, 1.807) is 0 Å². The molecular formula is C14H28N2. The lowest BCUT2D eigenvalue weighted by molar-refractivity contribution is 0.199. The van der Waals surface area contributed by atoms with Crippen LogP contribution in [0.1, 0.15) is 27.7 Å². The predicted molar refractivity (Wildman–Crippen MR) is 73.8 cm³/mol. The van der Waals surface area contributed by atoms with Crippen LogP contribution in [0.3, 0.4) is 0 Å². The third-order valence-corrected chi connectivity index (χ3v) is 2.42. The SMILES string of the molecule is C=CCN(CC=C)CC(C)(C)CNC(C)C. The fourth-order valence-corrected chi connectivity index (χ4v) is 1.71. The van der Waals surface area contributed by atoms with Gasteiger partial charge < -0.3 is 5.32 Å². The maximum Gasteiger partial charge on any atom is 0.0164 e. The van der Waals surface area contributed by atoms with Crippen molar-refractivity contribution in [1.82, 2.24) is 10.2 Å². The Morgan fingerprint density at radius 1 is 1.19 bits per heavy atom. The van der Waals surface area contributed by atoms with Crippen LogP contribution in [0.25, 0.3) is 0 Å². The van der Waals surface area contributed by atoms with Gasteiger partial charge in [0.15, 0.2) is 0 Å².